The van der Waals surface area contributed by atoms with Crippen molar-refractivity contribution in [2.24, 2.45) is 0 Å². The molecule has 0 unspecified atom stereocenters. The van der Waals surface area contributed by atoms with Crippen LogP contribution in [0.4, 0.5) is 5.69 Å². The molecule has 0 radical (unpaired) electrons. The molecule has 27 heavy (non-hydrogen) atoms. The van der Waals surface area contributed by atoms with Gasteiger partial charge in [-0.15, -0.1) is 21.5 Å². The van der Waals surface area contributed by atoms with Crippen LogP contribution in [-0.4, -0.2) is 22.1 Å². The van der Waals surface area contributed by atoms with E-state index in [0.717, 1.165) is 4.88 Å². The zero-order valence-electron chi connectivity index (χ0n) is 14.2. The largest absolute Gasteiger partial charge is 0.449 e. The van der Waals surface area contributed by atoms with E-state index in [1.54, 1.807) is 25.1 Å². The molecule has 3 aromatic rings. The molecular formula is C18H14N4O4S. The van der Waals surface area contributed by atoms with Crippen LogP contribution in [-0.2, 0) is 9.53 Å². The number of amides is 1. The van der Waals surface area contributed by atoms with E-state index in [4.69, 9.17) is 14.4 Å². The number of benzene rings is 1. The summed E-state index contributed by atoms with van der Waals surface area (Å²) in [5.74, 6) is -0.403. The summed E-state index contributed by atoms with van der Waals surface area (Å²) in [5.41, 5.74) is 0.787. The molecule has 2 heterocycles. The Kier molecular flexibility index (Phi) is 5.58. The van der Waals surface area contributed by atoms with Gasteiger partial charge in [-0.25, -0.2) is 4.79 Å². The lowest BCUT2D eigenvalue weighted by Gasteiger charge is -2.10. The van der Waals surface area contributed by atoms with Crippen LogP contribution in [0.5, 0.6) is 0 Å². The van der Waals surface area contributed by atoms with Gasteiger partial charge in [0.05, 0.1) is 16.5 Å². The highest BCUT2D eigenvalue weighted by molar-refractivity contribution is 7.13. The Balaban J connectivity index is 1.61. The van der Waals surface area contributed by atoms with Gasteiger partial charge in [0, 0.05) is 5.69 Å². The van der Waals surface area contributed by atoms with Gasteiger partial charge >= 0.3 is 5.97 Å². The first-order valence-corrected chi connectivity index (χ1v) is 8.80. The summed E-state index contributed by atoms with van der Waals surface area (Å²) in [6.07, 6.45) is -0.951. The van der Waals surface area contributed by atoms with Crippen LogP contribution in [0.3, 0.4) is 0 Å². The number of thiophene rings is 1. The van der Waals surface area contributed by atoms with E-state index < -0.39 is 18.0 Å². The highest BCUT2D eigenvalue weighted by Crippen LogP contribution is 2.26. The third-order valence-electron chi connectivity index (χ3n) is 3.45. The maximum Gasteiger partial charge on any atom is 0.338 e. The van der Waals surface area contributed by atoms with Crippen LogP contribution in [0.1, 0.15) is 35.7 Å². The average Bonchev–Trinajstić information content (AvgIpc) is 3.34. The van der Waals surface area contributed by atoms with Crippen LogP contribution in [0.25, 0.3) is 10.8 Å². The Bertz CT molecular complexity index is 974. The zero-order chi connectivity index (χ0) is 19.2. The summed E-state index contributed by atoms with van der Waals surface area (Å²) >= 11 is 1.47. The van der Waals surface area contributed by atoms with E-state index in [2.05, 4.69) is 15.5 Å². The fourth-order valence-electron chi connectivity index (χ4n) is 2.14. The number of anilines is 1. The summed E-state index contributed by atoms with van der Waals surface area (Å²) in [6.45, 7) is 1.64. The number of nitriles is 1. The zero-order valence-corrected chi connectivity index (χ0v) is 15.0. The number of nitrogens with zero attached hydrogens (tertiary/aromatic N) is 3. The van der Waals surface area contributed by atoms with Crippen molar-refractivity contribution in [1.29, 1.82) is 5.26 Å². The SMILES string of the molecule is C[C@H](OC(=O)c1ccc(NC(=O)CC#N)cc1)c1nnc(-c2cccs2)o1. The van der Waals surface area contributed by atoms with Gasteiger partial charge < -0.3 is 14.5 Å². The number of nitrogens with one attached hydrogen (secondary N) is 1. The fraction of sp³-hybridized carbons (Fsp3) is 0.167. The minimum atomic E-state index is -0.714. The van der Waals surface area contributed by atoms with Crippen LogP contribution < -0.4 is 5.32 Å². The van der Waals surface area contributed by atoms with Crippen molar-refractivity contribution in [3.63, 3.8) is 0 Å². The normalized spacial score (nSPS) is 11.4. The quantitative estimate of drug-likeness (QED) is 0.647. The molecule has 2 aromatic heterocycles. The monoisotopic (exact) mass is 382 g/mol. The molecule has 0 saturated heterocycles. The third-order valence-corrected chi connectivity index (χ3v) is 4.31. The Hall–Kier alpha value is -3.51. The molecule has 0 saturated carbocycles. The predicted molar refractivity (Wildman–Crippen MR) is 96.7 cm³/mol. The molecule has 3 rings (SSSR count). The van der Waals surface area contributed by atoms with Crippen molar-refractivity contribution in [2.75, 3.05) is 5.32 Å². The van der Waals surface area contributed by atoms with Crippen molar-refractivity contribution in [1.82, 2.24) is 10.2 Å². The van der Waals surface area contributed by atoms with Gasteiger partial charge in [-0.05, 0) is 42.6 Å². The maximum atomic E-state index is 12.3. The van der Waals surface area contributed by atoms with Gasteiger partial charge in [0.1, 0.15) is 6.42 Å². The van der Waals surface area contributed by atoms with E-state index in [9.17, 15) is 9.59 Å². The molecule has 0 aliphatic heterocycles. The summed E-state index contributed by atoms with van der Waals surface area (Å²) < 4.78 is 10.9. The standard InChI is InChI=1S/C18H14N4O4S/c1-11(16-21-22-17(26-16)14-3-2-10-27-14)25-18(24)12-4-6-13(7-5-12)20-15(23)8-9-19/h2-7,10-11H,8H2,1H3,(H,20,23)/t11-/m0/s1. The first-order chi connectivity index (χ1) is 13.1. The molecule has 8 nitrogen and oxygen atoms in total. The van der Waals surface area contributed by atoms with E-state index in [1.807, 2.05) is 17.5 Å². The minimum absolute atomic E-state index is 0.201. The molecular weight excluding hydrogens is 368 g/mol. The Morgan fingerprint density at radius 1 is 1.30 bits per heavy atom. The topological polar surface area (TPSA) is 118 Å². The first-order valence-electron chi connectivity index (χ1n) is 7.92. The van der Waals surface area contributed by atoms with Crippen LogP contribution in [0.15, 0.2) is 46.2 Å². The molecule has 136 valence electrons. The molecule has 9 heteroatoms. The Morgan fingerprint density at radius 3 is 2.74 bits per heavy atom. The van der Waals surface area contributed by atoms with Gasteiger partial charge in [-0.1, -0.05) is 6.07 Å². The second-order valence-corrected chi connectivity index (χ2v) is 6.38. The van der Waals surface area contributed by atoms with Gasteiger partial charge in [0.15, 0.2) is 6.10 Å². The highest BCUT2D eigenvalue weighted by Gasteiger charge is 2.20. The van der Waals surface area contributed by atoms with Crippen molar-refractivity contribution in [2.45, 2.75) is 19.4 Å². The number of ether oxygens (including phenoxy) is 1. The van der Waals surface area contributed by atoms with Crippen molar-refractivity contribution >= 4 is 28.9 Å². The number of carbonyl (C=O) groups is 2. The van der Waals surface area contributed by atoms with Crippen molar-refractivity contribution < 1.29 is 18.7 Å². The van der Waals surface area contributed by atoms with Crippen LogP contribution in [0.2, 0.25) is 0 Å². The summed E-state index contributed by atoms with van der Waals surface area (Å²) in [7, 11) is 0. The van der Waals surface area contributed by atoms with Crippen LogP contribution >= 0.6 is 11.3 Å². The molecule has 0 aliphatic rings. The number of carbonyl (C=O) groups excluding carboxylic acids is 2. The highest BCUT2D eigenvalue weighted by atomic mass is 32.1. The number of esters is 1. The average molecular weight is 382 g/mol. The molecule has 0 fully saturated rings. The van der Waals surface area contributed by atoms with Gasteiger partial charge in [-0.2, -0.15) is 5.26 Å². The van der Waals surface area contributed by atoms with Crippen molar-refractivity contribution in [3.8, 4) is 16.8 Å². The fourth-order valence-corrected chi connectivity index (χ4v) is 2.79. The lowest BCUT2D eigenvalue weighted by molar-refractivity contribution is -0.115. The van der Waals surface area contributed by atoms with Gasteiger partial charge in [0.2, 0.25) is 5.91 Å². The van der Waals surface area contributed by atoms with Crippen molar-refractivity contribution in [3.05, 3.63) is 53.2 Å². The van der Waals surface area contributed by atoms with E-state index in [-0.39, 0.29) is 12.3 Å². The Morgan fingerprint density at radius 2 is 2.07 bits per heavy atom. The second-order valence-electron chi connectivity index (χ2n) is 5.43. The van der Waals surface area contributed by atoms with E-state index >= 15 is 0 Å². The number of hydrogen-bond donors (Lipinski definition) is 1. The molecule has 1 N–H and O–H groups in total. The molecule has 0 bridgehead atoms. The number of hydrogen-bond acceptors (Lipinski definition) is 8. The smallest absolute Gasteiger partial charge is 0.338 e. The summed E-state index contributed by atoms with van der Waals surface area (Å²) in [6, 6.07) is 11.6. The second kappa shape index (κ2) is 8.25. The molecule has 1 amide bonds. The molecule has 0 spiro atoms. The lowest BCUT2D eigenvalue weighted by atomic mass is 10.2. The van der Waals surface area contributed by atoms with Gasteiger partial charge in [0.25, 0.3) is 11.8 Å². The molecule has 1 aromatic carbocycles. The van der Waals surface area contributed by atoms with Crippen LogP contribution in [0, 0.1) is 11.3 Å². The maximum absolute atomic E-state index is 12.3. The lowest BCUT2D eigenvalue weighted by Crippen LogP contribution is -2.11. The summed E-state index contributed by atoms with van der Waals surface area (Å²) in [4.78, 5) is 24.5. The molecule has 0 aliphatic carbocycles. The first kappa shape index (κ1) is 18.3. The summed E-state index contributed by atoms with van der Waals surface area (Å²) in [5, 5.41) is 20.8. The number of rotatable bonds is 6. The van der Waals surface area contributed by atoms with E-state index in [0.29, 0.717) is 17.1 Å². The minimum Gasteiger partial charge on any atom is -0.449 e. The molecule has 1 atom stereocenters. The van der Waals surface area contributed by atoms with E-state index in [1.165, 1.54) is 23.5 Å². The predicted octanol–water partition coefficient (Wildman–Crippen LogP) is 3.57. The van der Waals surface area contributed by atoms with Gasteiger partial charge in [-0.3, -0.25) is 4.79 Å². The Labute approximate surface area is 158 Å². The third kappa shape index (κ3) is 4.56. The number of aromatic nitrogens is 2.